The summed E-state index contributed by atoms with van der Waals surface area (Å²) in [6.45, 7) is 5.48. The number of hydrogen-bond acceptors (Lipinski definition) is 4. The highest BCUT2D eigenvalue weighted by molar-refractivity contribution is 5.82. The molecule has 0 aromatic heterocycles. The minimum Gasteiger partial charge on any atom is -0.497 e. The Kier molecular flexibility index (Phi) is 6.68. The maximum absolute atomic E-state index is 11.2. The molecule has 0 spiro atoms. The van der Waals surface area contributed by atoms with Gasteiger partial charge in [0.1, 0.15) is 12.4 Å². The van der Waals surface area contributed by atoms with Gasteiger partial charge in [-0.2, -0.15) is 0 Å². The van der Waals surface area contributed by atoms with E-state index in [-0.39, 0.29) is 5.97 Å². The first-order chi connectivity index (χ1) is 9.11. The average Bonchev–Trinajstić information content (AvgIpc) is 2.38. The molecule has 1 rings (SSSR count). The Balaban J connectivity index is 2.17. The SMILES string of the molecule is COc1ccc(CNCCOC(=O)C=C(C)C)cc1. The molecule has 0 amide bonds. The monoisotopic (exact) mass is 263 g/mol. The lowest BCUT2D eigenvalue weighted by atomic mass is 10.2. The predicted octanol–water partition coefficient (Wildman–Crippen LogP) is 2.29. The highest BCUT2D eigenvalue weighted by atomic mass is 16.5. The molecule has 4 heteroatoms. The first-order valence-corrected chi connectivity index (χ1v) is 6.27. The number of hydrogen-bond donors (Lipinski definition) is 1. The molecule has 0 unspecified atom stereocenters. The molecule has 0 bridgehead atoms. The summed E-state index contributed by atoms with van der Waals surface area (Å²) in [5.74, 6) is 0.561. The third kappa shape index (κ3) is 6.62. The van der Waals surface area contributed by atoms with Crippen LogP contribution in [0.3, 0.4) is 0 Å². The van der Waals surface area contributed by atoms with E-state index in [9.17, 15) is 4.79 Å². The second kappa shape index (κ2) is 8.32. The van der Waals surface area contributed by atoms with Crippen molar-refractivity contribution in [2.45, 2.75) is 20.4 Å². The molecular formula is C15H21NO3. The van der Waals surface area contributed by atoms with Crippen molar-refractivity contribution in [1.82, 2.24) is 5.32 Å². The molecular weight excluding hydrogens is 242 g/mol. The van der Waals surface area contributed by atoms with E-state index in [1.54, 1.807) is 7.11 Å². The van der Waals surface area contributed by atoms with E-state index in [1.807, 2.05) is 38.1 Å². The molecule has 0 aliphatic heterocycles. The van der Waals surface area contributed by atoms with Gasteiger partial charge in [0.05, 0.1) is 7.11 Å². The van der Waals surface area contributed by atoms with Crippen molar-refractivity contribution < 1.29 is 14.3 Å². The molecule has 0 radical (unpaired) electrons. The summed E-state index contributed by atoms with van der Waals surface area (Å²) in [6.07, 6.45) is 1.49. The number of ether oxygens (including phenoxy) is 2. The van der Waals surface area contributed by atoms with E-state index < -0.39 is 0 Å². The second-order valence-corrected chi connectivity index (χ2v) is 4.41. The fourth-order valence-corrected chi connectivity index (χ4v) is 1.48. The zero-order valence-electron chi connectivity index (χ0n) is 11.7. The van der Waals surface area contributed by atoms with Crippen LogP contribution in [-0.2, 0) is 16.1 Å². The third-order valence-corrected chi connectivity index (χ3v) is 2.42. The van der Waals surface area contributed by atoms with Crippen LogP contribution >= 0.6 is 0 Å². The van der Waals surface area contributed by atoms with Crippen LogP contribution in [0.15, 0.2) is 35.9 Å². The van der Waals surface area contributed by atoms with Crippen LogP contribution in [0, 0.1) is 0 Å². The molecule has 0 heterocycles. The summed E-state index contributed by atoms with van der Waals surface area (Å²) in [5, 5.41) is 3.21. The van der Waals surface area contributed by atoms with Crippen molar-refractivity contribution in [3.8, 4) is 5.75 Å². The number of nitrogens with one attached hydrogen (secondary N) is 1. The molecule has 104 valence electrons. The van der Waals surface area contributed by atoms with Gasteiger partial charge in [0.2, 0.25) is 0 Å². The standard InChI is InChI=1S/C15H21NO3/c1-12(2)10-15(17)19-9-8-16-11-13-4-6-14(18-3)7-5-13/h4-7,10,16H,8-9,11H2,1-3H3. The number of methoxy groups -OCH3 is 1. The lowest BCUT2D eigenvalue weighted by molar-refractivity contribution is -0.137. The van der Waals surface area contributed by atoms with E-state index >= 15 is 0 Å². The van der Waals surface area contributed by atoms with Gasteiger partial charge in [-0.05, 0) is 31.5 Å². The molecule has 1 N–H and O–H groups in total. The summed E-state index contributed by atoms with van der Waals surface area (Å²) in [6, 6.07) is 7.85. The van der Waals surface area contributed by atoms with Crippen molar-refractivity contribution in [3.63, 3.8) is 0 Å². The van der Waals surface area contributed by atoms with Gasteiger partial charge in [0.25, 0.3) is 0 Å². The molecule has 4 nitrogen and oxygen atoms in total. The molecule has 0 saturated carbocycles. The minimum atomic E-state index is -0.286. The Labute approximate surface area is 114 Å². The van der Waals surface area contributed by atoms with Crippen molar-refractivity contribution in [2.75, 3.05) is 20.3 Å². The molecule has 0 saturated heterocycles. The Bertz CT molecular complexity index is 420. The zero-order chi connectivity index (χ0) is 14.1. The van der Waals surface area contributed by atoms with Crippen molar-refractivity contribution in [1.29, 1.82) is 0 Å². The number of allylic oxidation sites excluding steroid dienone is 1. The topological polar surface area (TPSA) is 47.6 Å². The molecule has 0 atom stereocenters. The molecule has 0 aliphatic rings. The number of carbonyl (C=O) groups excluding carboxylic acids is 1. The maximum Gasteiger partial charge on any atom is 0.330 e. The van der Waals surface area contributed by atoms with Crippen LogP contribution in [0.2, 0.25) is 0 Å². The van der Waals surface area contributed by atoms with E-state index in [4.69, 9.17) is 9.47 Å². The quantitative estimate of drug-likeness (QED) is 0.466. The predicted molar refractivity (Wildman–Crippen MR) is 75.1 cm³/mol. The number of rotatable bonds is 7. The molecule has 1 aromatic rings. The largest absolute Gasteiger partial charge is 0.497 e. The van der Waals surface area contributed by atoms with Gasteiger partial charge in [-0.25, -0.2) is 4.79 Å². The Morgan fingerprint density at radius 2 is 1.95 bits per heavy atom. The van der Waals surface area contributed by atoms with E-state index in [0.717, 1.165) is 23.4 Å². The summed E-state index contributed by atoms with van der Waals surface area (Å²) in [7, 11) is 1.65. The van der Waals surface area contributed by atoms with E-state index in [0.29, 0.717) is 13.2 Å². The Morgan fingerprint density at radius 3 is 2.53 bits per heavy atom. The fourth-order valence-electron chi connectivity index (χ4n) is 1.48. The highest BCUT2D eigenvalue weighted by Gasteiger charge is 1.98. The van der Waals surface area contributed by atoms with Crippen molar-refractivity contribution in [3.05, 3.63) is 41.5 Å². The maximum atomic E-state index is 11.2. The van der Waals surface area contributed by atoms with Gasteiger partial charge in [0.15, 0.2) is 0 Å². The lowest BCUT2D eigenvalue weighted by Crippen LogP contribution is -2.20. The van der Waals surface area contributed by atoms with Gasteiger partial charge >= 0.3 is 5.97 Å². The lowest BCUT2D eigenvalue weighted by Gasteiger charge is -2.06. The molecule has 0 aliphatic carbocycles. The van der Waals surface area contributed by atoms with Crippen LogP contribution in [0.1, 0.15) is 19.4 Å². The number of benzene rings is 1. The van der Waals surface area contributed by atoms with Crippen LogP contribution in [-0.4, -0.2) is 26.2 Å². The van der Waals surface area contributed by atoms with Gasteiger partial charge in [-0.1, -0.05) is 17.7 Å². The molecule has 19 heavy (non-hydrogen) atoms. The summed E-state index contributed by atoms with van der Waals surface area (Å²) < 4.78 is 10.1. The van der Waals surface area contributed by atoms with Gasteiger partial charge < -0.3 is 14.8 Å². The third-order valence-electron chi connectivity index (χ3n) is 2.42. The van der Waals surface area contributed by atoms with Crippen LogP contribution in [0.5, 0.6) is 5.75 Å². The van der Waals surface area contributed by atoms with Crippen molar-refractivity contribution >= 4 is 5.97 Å². The minimum absolute atomic E-state index is 0.286. The van der Waals surface area contributed by atoms with Gasteiger partial charge in [-0.3, -0.25) is 0 Å². The summed E-state index contributed by atoms with van der Waals surface area (Å²) in [4.78, 5) is 11.2. The smallest absolute Gasteiger partial charge is 0.330 e. The highest BCUT2D eigenvalue weighted by Crippen LogP contribution is 2.10. The average molecular weight is 263 g/mol. The zero-order valence-corrected chi connectivity index (χ0v) is 11.7. The Hall–Kier alpha value is -1.81. The second-order valence-electron chi connectivity index (χ2n) is 4.41. The van der Waals surface area contributed by atoms with Gasteiger partial charge in [-0.15, -0.1) is 0 Å². The first-order valence-electron chi connectivity index (χ1n) is 6.27. The van der Waals surface area contributed by atoms with E-state index in [2.05, 4.69) is 5.32 Å². The normalized spacial score (nSPS) is 9.84. The summed E-state index contributed by atoms with van der Waals surface area (Å²) in [5.41, 5.74) is 2.10. The van der Waals surface area contributed by atoms with Crippen molar-refractivity contribution in [2.24, 2.45) is 0 Å². The van der Waals surface area contributed by atoms with E-state index in [1.165, 1.54) is 6.08 Å². The number of esters is 1. The van der Waals surface area contributed by atoms with Crippen LogP contribution in [0.25, 0.3) is 0 Å². The summed E-state index contributed by atoms with van der Waals surface area (Å²) >= 11 is 0. The van der Waals surface area contributed by atoms with Gasteiger partial charge in [0, 0.05) is 19.2 Å². The molecule has 0 fully saturated rings. The number of carbonyl (C=O) groups is 1. The molecule has 1 aromatic carbocycles. The first kappa shape index (κ1) is 15.2. The van der Waals surface area contributed by atoms with Crippen LogP contribution in [0.4, 0.5) is 0 Å². The van der Waals surface area contributed by atoms with Crippen LogP contribution < -0.4 is 10.1 Å². The fraction of sp³-hybridized carbons (Fsp3) is 0.400. The Morgan fingerprint density at radius 1 is 1.26 bits per heavy atom.